The number of rotatable bonds is 7. The maximum absolute atomic E-state index is 12.4. The molecule has 140 valence electrons. The van der Waals surface area contributed by atoms with Gasteiger partial charge in [-0.3, -0.25) is 19.3 Å². The minimum Gasteiger partial charge on any atom is -0.341 e. The average Bonchev–Trinajstić information content (AvgIpc) is 2.93. The van der Waals surface area contributed by atoms with Crippen molar-refractivity contribution in [3.8, 4) is 0 Å². The van der Waals surface area contributed by atoms with Crippen molar-refractivity contribution in [2.24, 2.45) is 0 Å². The maximum Gasteiger partial charge on any atom is 0.261 e. The standard InChI is InChI=1S/C22H24N2O3/c1-3-16-10-12-17(13-11-16)15-23(2)20(25)9-6-14-24-21(26)18-7-4-5-8-19(18)22(24)27/h4-5,7-8,10-13H,3,6,9,14-15H2,1-2H3. The van der Waals surface area contributed by atoms with Crippen LogP contribution in [0.1, 0.15) is 51.6 Å². The van der Waals surface area contributed by atoms with Crippen LogP contribution in [0.5, 0.6) is 0 Å². The first kappa shape index (κ1) is 18.8. The highest BCUT2D eigenvalue weighted by Gasteiger charge is 2.34. The molecule has 3 rings (SSSR count). The van der Waals surface area contributed by atoms with Crippen molar-refractivity contribution in [2.45, 2.75) is 32.7 Å². The first-order valence-electron chi connectivity index (χ1n) is 9.28. The Morgan fingerprint density at radius 2 is 1.48 bits per heavy atom. The van der Waals surface area contributed by atoms with Crippen LogP contribution in [0, 0.1) is 0 Å². The summed E-state index contributed by atoms with van der Waals surface area (Å²) in [6.07, 6.45) is 1.76. The van der Waals surface area contributed by atoms with Gasteiger partial charge in [-0.05, 0) is 36.1 Å². The summed E-state index contributed by atoms with van der Waals surface area (Å²) in [5, 5.41) is 0. The van der Waals surface area contributed by atoms with Crippen LogP contribution in [0.15, 0.2) is 48.5 Å². The molecule has 1 aliphatic rings. The van der Waals surface area contributed by atoms with Gasteiger partial charge in [-0.15, -0.1) is 0 Å². The summed E-state index contributed by atoms with van der Waals surface area (Å²) in [7, 11) is 1.78. The Bertz CT molecular complexity index is 823. The molecule has 0 N–H and O–H groups in total. The molecule has 3 amide bonds. The third kappa shape index (κ3) is 4.08. The second kappa shape index (κ2) is 8.16. The van der Waals surface area contributed by atoms with Crippen LogP contribution in [0.25, 0.3) is 0 Å². The monoisotopic (exact) mass is 364 g/mol. The highest BCUT2D eigenvalue weighted by molar-refractivity contribution is 6.21. The lowest BCUT2D eigenvalue weighted by molar-refractivity contribution is -0.130. The fourth-order valence-electron chi connectivity index (χ4n) is 3.26. The van der Waals surface area contributed by atoms with Crippen LogP contribution < -0.4 is 0 Å². The largest absolute Gasteiger partial charge is 0.341 e. The van der Waals surface area contributed by atoms with Crippen molar-refractivity contribution in [3.63, 3.8) is 0 Å². The molecule has 2 aromatic carbocycles. The van der Waals surface area contributed by atoms with E-state index in [4.69, 9.17) is 0 Å². The van der Waals surface area contributed by atoms with Crippen LogP contribution >= 0.6 is 0 Å². The zero-order chi connectivity index (χ0) is 19.4. The summed E-state index contributed by atoms with van der Waals surface area (Å²) in [5.41, 5.74) is 3.25. The molecule has 0 saturated carbocycles. The molecule has 5 nitrogen and oxygen atoms in total. The molecule has 1 heterocycles. The Kier molecular flexibility index (Phi) is 5.69. The van der Waals surface area contributed by atoms with Gasteiger partial charge < -0.3 is 4.90 Å². The van der Waals surface area contributed by atoms with Crippen LogP contribution in [0.4, 0.5) is 0 Å². The van der Waals surface area contributed by atoms with Gasteiger partial charge in [-0.1, -0.05) is 43.3 Å². The molecule has 0 spiro atoms. The van der Waals surface area contributed by atoms with E-state index in [0.29, 0.717) is 30.5 Å². The van der Waals surface area contributed by atoms with Crippen LogP contribution in [-0.2, 0) is 17.8 Å². The second-order valence-corrected chi connectivity index (χ2v) is 6.83. The normalized spacial score (nSPS) is 13.0. The number of aryl methyl sites for hydroxylation is 1. The van der Waals surface area contributed by atoms with Gasteiger partial charge in [0.25, 0.3) is 11.8 Å². The predicted molar refractivity (Wildman–Crippen MR) is 103 cm³/mol. The summed E-state index contributed by atoms with van der Waals surface area (Å²) >= 11 is 0. The fraction of sp³-hybridized carbons (Fsp3) is 0.318. The summed E-state index contributed by atoms with van der Waals surface area (Å²) in [5.74, 6) is -0.536. The third-order valence-corrected chi connectivity index (χ3v) is 4.93. The lowest BCUT2D eigenvalue weighted by Gasteiger charge is -2.19. The number of carbonyl (C=O) groups excluding carboxylic acids is 3. The molecule has 0 saturated heterocycles. The van der Waals surface area contributed by atoms with Gasteiger partial charge in [0, 0.05) is 26.6 Å². The summed E-state index contributed by atoms with van der Waals surface area (Å²) in [6.45, 7) is 2.92. The van der Waals surface area contributed by atoms with Crippen molar-refractivity contribution in [3.05, 3.63) is 70.8 Å². The van der Waals surface area contributed by atoms with Crippen LogP contribution in [0.2, 0.25) is 0 Å². The Labute approximate surface area is 159 Å². The van der Waals surface area contributed by atoms with E-state index in [2.05, 4.69) is 19.1 Å². The quantitative estimate of drug-likeness (QED) is 0.709. The van der Waals surface area contributed by atoms with Crippen molar-refractivity contribution < 1.29 is 14.4 Å². The van der Waals surface area contributed by atoms with E-state index >= 15 is 0 Å². The van der Waals surface area contributed by atoms with Gasteiger partial charge in [0.1, 0.15) is 0 Å². The number of benzene rings is 2. The summed E-state index contributed by atoms with van der Waals surface area (Å²) in [6, 6.07) is 15.1. The Morgan fingerprint density at radius 1 is 0.926 bits per heavy atom. The molecular formula is C22H24N2O3. The highest BCUT2D eigenvalue weighted by atomic mass is 16.2. The highest BCUT2D eigenvalue weighted by Crippen LogP contribution is 2.22. The van der Waals surface area contributed by atoms with E-state index in [0.717, 1.165) is 12.0 Å². The Hall–Kier alpha value is -2.95. The lowest BCUT2D eigenvalue weighted by Crippen LogP contribution is -2.32. The van der Waals surface area contributed by atoms with Crippen molar-refractivity contribution in [1.29, 1.82) is 0 Å². The Morgan fingerprint density at radius 3 is 2.04 bits per heavy atom. The molecule has 0 atom stereocenters. The minimum absolute atomic E-state index is 0.00572. The first-order chi connectivity index (χ1) is 13.0. The predicted octanol–water partition coefficient (Wildman–Crippen LogP) is 3.28. The average molecular weight is 364 g/mol. The zero-order valence-corrected chi connectivity index (χ0v) is 15.8. The molecule has 2 aromatic rings. The summed E-state index contributed by atoms with van der Waals surface area (Å²) < 4.78 is 0. The van der Waals surface area contributed by atoms with Gasteiger partial charge in [0.15, 0.2) is 0 Å². The second-order valence-electron chi connectivity index (χ2n) is 6.83. The van der Waals surface area contributed by atoms with E-state index < -0.39 is 0 Å². The van der Waals surface area contributed by atoms with Crippen LogP contribution in [-0.4, -0.2) is 41.1 Å². The zero-order valence-electron chi connectivity index (χ0n) is 15.8. The summed E-state index contributed by atoms with van der Waals surface area (Å²) in [4.78, 5) is 39.9. The van der Waals surface area contributed by atoms with Crippen molar-refractivity contribution >= 4 is 17.7 Å². The smallest absolute Gasteiger partial charge is 0.261 e. The molecule has 0 radical (unpaired) electrons. The molecule has 0 fully saturated rings. The SMILES string of the molecule is CCc1ccc(CN(C)C(=O)CCCN2C(=O)c3ccccc3C2=O)cc1. The molecule has 1 aliphatic heterocycles. The maximum atomic E-state index is 12.4. The number of imide groups is 1. The number of fused-ring (bicyclic) bond motifs is 1. The number of amides is 3. The fourth-order valence-corrected chi connectivity index (χ4v) is 3.26. The number of hydrogen-bond acceptors (Lipinski definition) is 3. The molecule has 0 bridgehead atoms. The van der Waals surface area contributed by atoms with Gasteiger partial charge in [-0.25, -0.2) is 0 Å². The third-order valence-electron chi connectivity index (χ3n) is 4.93. The van der Waals surface area contributed by atoms with Gasteiger partial charge >= 0.3 is 0 Å². The van der Waals surface area contributed by atoms with Crippen LogP contribution in [0.3, 0.4) is 0 Å². The molecule has 0 unspecified atom stereocenters. The molecular weight excluding hydrogens is 340 g/mol. The Balaban J connectivity index is 1.49. The molecule has 5 heteroatoms. The van der Waals surface area contributed by atoms with Crippen molar-refractivity contribution in [2.75, 3.05) is 13.6 Å². The van der Waals surface area contributed by atoms with E-state index in [1.54, 1.807) is 36.2 Å². The minimum atomic E-state index is -0.271. The van der Waals surface area contributed by atoms with E-state index in [1.165, 1.54) is 10.5 Å². The number of hydrogen-bond donors (Lipinski definition) is 0. The first-order valence-corrected chi connectivity index (χ1v) is 9.28. The van der Waals surface area contributed by atoms with Gasteiger partial charge in [-0.2, -0.15) is 0 Å². The molecule has 0 aromatic heterocycles. The van der Waals surface area contributed by atoms with Gasteiger partial charge in [0.2, 0.25) is 5.91 Å². The van der Waals surface area contributed by atoms with Crippen molar-refractivity contribution in [1.82, 2.24) is 9.80 Å². The van der Waals surface area contributed by atoms with Gasteiger partial charge in [0.05, 0.1) is 11.1 Å². The molecule has 27 heavy (non-hydrogen) atoms. The topological polar surface area (TPSA) is 57.7 Å². The van der Waals surface area contributed by atoms with E-state index in [9.17, 15) is 14.4 Å². The number of nitrogens with zero attached hydrogens (tertiary/aromatic N) is 2. The lowest BCUT2D eigenvalue weighted by atomic mass is 10.1. The van der Waals surface area contributed by atoms with E-state index in [1.807, 2.05) is 12.1 Å². The molecule has 0 aliphatic carbocycles. The number of carbonyl (C=O) groups is 3. The van der Waals surface area contributed by atoms with E-state index in [-0.39, 0.29) is 24.3 Å².